The fraction of sp³-hybridized carbons (Fsp3) is 0.429. The molecular weight excluding hydrogens is 502 g/mol. The predicted octanol–water partition coefficient (Wildman–Crippen LogP) is 4.15. The van der Waals surface area contributed by atoms with Gasteiger partial charge in [-0.05, 0) is 57.1 Å². The molecule has 0 radical (unpaired) electrons. The minimum absolute atomic E-state index is 0.188. The number of aromatic nitrogens is 5. The summed E-state index contributed by atoms with van der Waals surface area (Å²) in [5, 5.41) is 0.559. The Balaban J connectivity index is 1.28. The van der Waals surface area contributed by atoms with Gasteiger partial charge in [0, 0.05) is 44.5 Å². The number of piperazine rings is 1. The molecule has 0 bridgehead atoms. The highest BCUT2D eigenvalue weighted by Crippen LogP contribution is 2.41. The summed E-state index contributed by atoms with van der Waals surface area (Å²) in [7, 11) is 2.16. The number of hydrogen-bond donors (Lipinski definition) is 0. The monoisotopic (exact) mass is 533 g/mol. The molecule has 2 fully saturated rings. The lowest BCUT2D eigenvalue weighted by atomic mass is 10.2. The summed E-state index contributed by atoms with van der Waals surface area (Å²) in [6.45, 7) is 8.42. The van der Waals surface area contributed by atoms with Crippen LogP contribution in [0.4, 0.5) is 0 Å². The maximum Gasteiger partial charge on any atom is 0.245 e. The van der Waals surface area contributed by atoms with E-state index in [0.717, 1.165) is 62.6 Å². The third-order valence-electron chi connectivity index (χ3n) is 7.30. The Morgan fingerprint density at radius 3 is 2.61 bits per heavy atom. The molecule has 1 aromatic carbocycles. The van der Waals surface area contributed by atoms with Crippen LogP contribution < -0.4 is 9.47 Å². The van der Waals surface area contributed by atoms with E-state index in [-0.39, 0.29) is 5.60 Å². The highest BCUT2D eigenvalue weighted by molar-refractivity contribution is 6.33. The molecule has 6 rings (SSSR count). The van der Waals surface area contributed by atoms with Crippen molar-refractivity contribution in [2.24, 2.45) is 0 Å². The van der Waals surface area contributed by atoms with Crippen LogP contribution in [-0.2, 0) is 6.54 Å². The van der Waals surface area contributed by atoms with Crippen LogP contribution in [0.1, 0.15) is 25.5 Å². The molecule has 10 heteroatoms. The van der Waals surface area contributed by atoms with E-state index in [1.165, 1.54) is 6.33 Å². The van der Waals surface area contributed by atoms with Crippen LogP contribution in [0.25, 0.3) is 22.6 Å². The molecule has 0 atom stereocenters. The smallest absolute Gasteiger partial charge is 0.245 e. The van der Waals surface area contributed by atoms with Gasteiger partial charge < -0.3 is 18.9 Å². The SMILES string of the molecule is CN1CCN(CCOc2ccc(-c3nc4c(OC5(C)CC5)ncnc4n3Cc3ccccn3)c(Cl)c2)CC1. The second-order valence-corrected chi connectivity index (χ2v) is 10.8. The second-order valence-electron chi connectivity index (χ2n) is 10.4. The third kappa shape index (κ3) is 5.45. The lowest BCUT2D eigenvalue weighted by molar-refractivity contribution is 0.134. The molecule has 4 aromatic rings. The van der Waals surface area contributed by atoms with Crippen LogP contribution in [0.15, 0.2) is 48.9 Å². The van der Waals surface area contributed by atoms with Gasteiger partial charge in [-0.3, -0.25) is 9.88 Å². The Morgan fingerprint density at radius 2 is 1.87 bits per heavy atom. The van der Waals surface area contributed by atoms with Crippen molar-refractivity contribution >= 4 is 22.8 Å². The lowest BCUT2D eigenvalue weighted by Crippen LogP contribution is -2.45. The highest BCUT2D eigenvalue weighted by atomic mass is 35.5. The van der Waals surface area contributed by atoms with E-state index in [1.807, 2.05) is 41.0 Å². The summed E-state index contributed by atoms with van der Waals surface area (Å²) in [5.41, 5.74) is 2.80. The van der Waals surface area contributed by atoms with E-state index < -0.39 is 0 Å². The number of fused-ring (bicyclic) bond motifs is 1. The number of nitrogens with zero attached hydrogens (tertiary/aromatic N) is 7. The van der Waals surface area contributed by atoms with Crippen molar-refractivity contribution in [3.63, 3.8) is 0 Å². The standard InChI is InChI=1S/C28H32ClN7O2/c1-28(8-9-28)38-27-24-26(31-19-32-27)36(18-20-5-3-4-10-30-20)25(33-24)22-7-6-21(17-23(22)29)37-16-15-35-13-11-34(2)12-14-35/h3-7,10,17,19H,8-9,11-16,18H2,1-2H3. The van der Waals surface area contributed by atoms with Crippen LogP contribution >= 0.6 is 11.6 Å². The van der Waals surface area contributed by atoms with Gasteiger partial charge in [0.25, 0.3) is 0 Å². The quantitative estimate of drug-likeness (QED) is 0.317. The van der Waals surface area contributed by atoms with Gasteiger partial charge in [-0.25, -0.2) is 9.97 Å². The summed E-state index contributed by atoms with van der Waals surface area (Å²) in [6, 6.07) is 11.6. The van der Waals surface area contributed by atoms with Crippen LogP contribution in [-0.4, -0.2) is 86.3 Å². The zero-order valence-corrected chi connectivity index (χ0v) is 22.6. The second kappa shape index (κ2) is 10.5. The van der Waals surface area contributed by atoms with Crippen molar-refractivity contribution in [2.45, 2.75) is 31.9 Å². The predicted molar refractivity (Wildman–Crippen MR) is 147 cm³/mol. The van der Waals surface area contributed by atoms with E-state index in [2.05, 4.69) is 38.7 Å². The largest absolute Gasteiger partial charge is 0.492 e. The Hall–Kier alpha value is -3.27. The van der Waals surface area contributed by atoms with E-state index >= 15 is 0 Å². The maximum absolute atomic E-state index is 6.83. The van der Waals surface area contributed by atoms with E-state index in [1.54, 1.807) is 6.20 Å². The molecule has 4 heterocycles. The van der Waals surface area contributed by atoms with Crippen molar-refractivity contribution in [3.05, 3.63) is 59.6 Å². The van der Waals surface area contributed by atoms with Crippen molar-refractivity contribution in [2.75, 3.05) is 46.4 Å². The van der Waals surface area contributed by atoms with Crippen LogP contribution in [0.5, 0.6) is 11.6 Å². The van der Waals surface area contributed by atoms with Gasteiger partial charge in [-0.15, -0.1) is 0 Å². The molecule has 1 aliphatic carbocycles. The van der Waals surface area contributed by atoms with Gasteiger partial charge in [0.1, 0.15) is 30.1 Å². The molecule has 198 valence electrons. The Morgan fingerprint density at radius 1 is 1.03 bits per heavy atom. The molecule has 0 spiro atoms. The number of ether oxygens (including phenoxy) is 2. The number of rotatable bonds is 9. The highest BCUT2D eigenvalue weighted by Gasteiger charge is 2.41. The number of imidazole rings is 1. The van der Waals surface area contributed by atoms with Crippen LogP contribution in [0.2, 0.25) is 5.02 Å². The first-order chi connectivity index (χ1) is 18.5. The summed E-state index contributed by atoms with van der Waals surface area (Å²) in [4.78, 5) is 23.3. The zero-order chi connectivity index (χ0) is 26.1. The van der Waals surface area contributed by atoms with E-state index in [0.29, 0.717) is 41.0 Å². The molecule has 1 aliphatic heterocycles. The molecule has 1 saturated heterocycles. The Bertz CT molecular complexity index is 1420. The summed E-state index contributed by atoms with van der Waals surface area (Å²) >= 11 is 6.83. The van der Waals surface area contributed by atoms with E-state index in [9.17, 15) is 0 Å². The first kappa shape index (κ1) is 25.0. The summed E-state index contributed by atoms with van der Waals surface area (Å²) in [5.74, 6) is 1.92. The molecular formula is C28H32ClN7O2. The fourth-order valence-electron chi connectivity index (χ4n) is 4.64. The molecule has 0 unspecified atom stereocenters. The van der Waals surface area contributed by atoms with Crippen LogP contribution in [0.3, 0.4) is 0 Å². The summed E-state index contributed by atoms with van der Waals surface area (Å²) in [6.07, 6.45) is 5.32. The molecule has 3 aromatic heterocycles. The minimum atomic E-state index is -0.188. The van der Waals surface area contributed by atoms with Crippen molar-refractivity contribution < 1.29 is 9.47 Å². The van der Waals surface area contributed by atoms with Gasteiger partial charge in [0.15, 0.2) is 11.2 Å². The average Bonchev–Trinajstić information content (AvgIpc) is 3.54. The molecule has 38 heavy (non-hydrogen) atoms. The van der Waals surface area contributed by atoms with Gasteiger partial charge in [0.05, 0.1) is 17.3 Å². The number of halogens is 1. The number of benzene rings is 1. The Kier molecular flexibility index (Phi) is 6.90. The van der Waals surface area contributed by atoms with Gasteiger partial charge >= 0.3 is 0 Å². The van der Waals surface area contributed by atoms with Gasteiger partial charge in [0.2, 0.25) is 5.88 Å². The van der Waals surface area contributed by atoms with Crippen LogP contribution in [0, 0.1) is 0 Å². The molecule has 1 saturated carbocycles. The minimum Gasteiger partial charge on any atom is -0.492 e. The number of likely N-dealkylation sites (N-methyl/N-ethyl adjacent to an activating group) is 1. The zero-order valence-electron chi connectivity index (χ0n) is 21.8. The average molecular weight is 534 g/mol. The normalized spacial score (nSPS) is 17.6. The summed E-state index contributed by atoms with van der Waals surface area (Å²) < 4.78 is 14.3. The van der Waals surface area contributed by atoms with Gasteiger partial charge in [-0.2, -0.15) is 4.98 Å². The van der Waals surface area contributed by atoms with Crippen molar-refractivity contribution in [1.82, 2.24) is 34.3 Å². The first-order valence-corrected chi connectivity index (χ1v) is 13.5. The molecule has 0 amide bonds. The van der Waals surface area contributed by atoms with Crippen molar-refractivity contribution in [3.8, 4) is 23.0 Å². The Labute approximate surface area is 227 Å². The van der Waals surface area contributed by atoms with Crippen molar-refractivity contribution in [1.29, 1.82) is 0 Å². The number of pyridine rings is 1. The maximum atomic E-state index is 6.83. The van der Waals surface area contributed by atoms with E-state index in [4.69, 9.17) is 26.1 Å². The third-order valence-corrected chi connectivity index (χ3v) is 7.61. The molecule has 2 aliphatic rings. The topological polar surface area (TPSA) is 81.4 Å². The van der Waals surface area contributed by atoms with Gasteiger partial charge in [-0.1, -0.05) is 17.7 Å². The molecule has 9 nitrogen and oxygen atoms in total. The molecule has 0 N–H and O–H groups in total. The fourth-order valence-corrected chi connectivity index (χ4v) is 4.90. The first-order valence-electron chi connectivity index (χ1n) is 13.1. The lowest BCUT2D eigenvalue weighted by Gasteiger charge is -2.32. The number of hydrogen-bond acceptors (Lipinski definition) is 8.